The van der Waals surface area contributed by atoms with Crippen molar-refractivity contribution in [1.82, 2.24) is 14.8 Å². The Morgan fingerprint density at radius 3 is 2.50 bits per heavy atom. The highest BCUT2D eigenvalue weighted by molar-refractivity contribution is 7.99. The number of nitrogens with zero attached hydrogens (tertiary/aromatic N) is 3. The number of benzene rings is 2. The number of carbonyl (C=O) groups is 1. The Kier molecular flexibility index (Phi) is 8.61. The molecule has 3 rings (SSSR count). The van der Waals surface area contributed by atoms with Crippen molar-refractivity contribution >= 4 is 46.6 Å². The minimum absolute atomic E-state index is 0.154. The van der Waals surface area contributed by atoms with Gasteiger partial charge in [0.15, 0.2) is 11.0 Å². The van der Waals surface area contributed by atoms with E-state index in [0.29, 0.717) is 45.8 Å². The molecule has 0 atom stereocenters. The van der Waals surface area contributed by atoms with Crippen LogP contribution in [0.3, 0.4) is 0 Å². The highest BCUT2D eigenvalue weighted by Crippen LogP contribution is 2.27. The maximum atomic E-state index is 12.4. The average Bonchev–Trinajstić information content (AvgIpc) is 3.13. The van der Waals surface area contributed by atoms with Gasteiger partial charge in [0.2, 0.25) is 5.91 Å². The third kappa shape index (κ3) is 6.76. The third-order valence-corrected chi connectivity index (χ3v) is 5.61. The second-order valence-electron chi connectivity index (χ2n) is 7.43. The normalized spacial score (nSPS) is 10.9. The van der Waals surface area contributed by atoms with Gasteiger partial charge in [-0.15, -0.1) is 16.8 Å². The number of rotatable bonds is 10. The average molecular weight is 491 g/mol. The summed E-state index contributed by atoms with van der Waals surface area (Å²) in [6, 6.07) is 12.6. The summed E-state index contributed by atoms with van der Waals surface area (Å²) in [7, 11) is 0. The molecule has 0 aliphatic rings. The van der Waals surface area contributed by atoms with Gasteiger partial charge in [0.1, 0.15) is 5.75 Å². The lowest BCUT2D eigenvalue weighted by atomic mass is 10.2. The van der Waals surface area contributed by atoms with Crippen LogP contribution in [0.5, 0.6) is 5.75 Å². The van der Waals surface area contributed by atoms with Crippen LogP contribution >= 0.6 is 35.0 Å². The van der Waals surface area contributed by atoms with Gasteiger partial charge in [-0.05, 0) is 48.4 Å². The molecule has 0 radical (unpaired) electrons. The first-order chi connectivity index (χ1) is 15.4. The maximum absolute atomic E-state index is 12.4. The molecule has 32 heavy (non-hydrogen) atoms. The predicted octanol–water partition coefficient (Wildman–Crippen LogP) is 6.20. The van der Waals surface area contributed by atoms with Crippen LogP contribution in [-0.2, 0) is 11.3 Å². The highest BCUT2D eigenvalue weighted by Gasteiger charge is 2.15. The van der Waals surface area contributed by atoms with E-state index < -0.39 is 0 Å². The minimum Gasteiger partial charge on any atom is -0.493 e. The molecule has 1 aromatic heterocycles. The summed E-state index contributed by atoms with van der Waals surface area (Å²) in [5.74, 6) is 1.92. The van der Waals surface area contributed by atoms with E-state index >= 15 is 0 Å². The van der Waals surface area contributed by atoms with Crippen molar-refractivity contribution < 1.29 is 9.53 Å². The van der Waals surface area contributed by atoms with Crippen LogP contribution in [0.2, 0.25) is 10.0 Å². The summed E-state index contributed by atoms with van der Waals surface area (Å²) in [5.41, 5.74) is 1.45. The summed E-state index contributed by atoms with van der Waals surface area (Å²) in [4.78, 5) is 12.4. The van der Waals surface area contributed by atoms with Gasteiger partial charge in [-0.1, -0.05) is 54.9 Å². The smallest absolute Gasteiger partial charge is 0.234 e. The van der Waals surface area contributed by atoms with Gasteiger partial charge in [-0.25, -0.2) is 0 Å². The molecular formula is C23H24Cl2N4O2S. The largest absolute Gasteiger partial charge is 0.493 e. The van der Waals surface area contributed by atoms with E-state index in [1.54, 1.807) is 24.3 Å². The van der Waals surface area contributed by atoms with E-state index in [4.69, 9.17) is 27.9 Å². The minimum atomic E-state index is -0.199. The second-order valence-corrected chi connectivity index (χ2v) is 9.25. The van der Waals surface area contributed by atoms with Crippen molar-refractivity contribution in [2.24, 2.45) is 5.92 Å². The van der Waals surface area contributed by atoms with Gasteiger partial charge in [-0.2, -0.15) is 0 Å². The first kappa shape index (κ1) is 24.2. The summed E-state index contributed by atoms with van der Waals surface area (Å²) in [6.07, 6.45) is 1.77. The van der Waals surface area contributed by atoms with Gasteiger partial charge in [0, 0.05) is 27.8 Å². The van der Waals surface area contributed by atoms with Crippen molar-refractivity contribution in [3.63, 3.8) is 0 Å². The Hall–Kier alpha value is -2.48. The molecule has 9 heteroatoms. The Bertz CT molecular complexity index is 1060. The van der Waals surface area contributed by atoms with Crippen molar-refractivity contribution in [2.75, 3.05) is 17.7 Å². The molecule has 0 spiro atoms. The van der Waals surface area contributed by atoms with E-state index in [-0.39, 0.29) is 11.7 Å². The van der Waals surface area contributed by atoms with E-state index in [9.17, 15) is 4.79 Å². The lowest BCUT2D eigenvalue weighted by molar-refractivity contribution is -0.113. The first-order valence-corrected chi connectivity index (χ1v) is 11.8. The summed E-state index contributed by atoms with van der Waals surface area (Å²) in [6.45, 7) is 9.22. The molecule has 6 nitrogen and oxygen atoms in total. The van der Waals surface area contributed by atoms with Crippen LogP contribution < -0.4 is 10.1 Å². The lowest BCUT2D eigenvalue weighted by Crippen LogP contribution is -2.14. The van der Waals surface area contributed by atoms with Gasteiger partial charge in [0.25, 0.3) is 0 Å². The summed E-state index contributed by atoms with van der Waals surface area (Å²) in [5, 5.41) is 12.9. The lowest BCUT2D eigenvalue weighted by Gasteiger charge is -2.10. The molecule has 0 fully saturated rings. The maximum Gasteiger partial charge on any atom is 0.234 e. The van der Waals surface area contributed by atoms with Crippen molar-refractivity contribution in [2.45, 2.75) is 25.5 Å². The molecule has 0 unspecified atom stereocenters. The van der Waals surface area contributed by atoms with Gasteiger partial charge < -0.3 is 10.1 Å². The summed E-state index contributed by atoms with van der Waals surface area (Å²) < 4.78 is 7.67. The number of aromatic nitrogens is 3. The number of nitrogens with one attached hydrogen (secondary N) is 1. The molecule has 0 saturated heterocycles. The molecule has 2 aromatic carbocycles. The number of hydrogen-bond acceptors (Lipinski definition) is 5. The molecule has 0 aliphatic heterocycles. The molecule has 1 heterocycles. The van der Waals surface area contributed by atoms with Crippen LogP contribution in [-0.4, -0.2) is 33.0 Å². The second kappa shape index (κ2) is 11.4. The number of amides is 1. The van der Waals surface area contributed by atoms with Crippen LogP contribution in [0.15, 0.2) is 60.3 Å². The molecule has 168 valence electrons. The Balaban J connectivity index is 1.69. The number of allylic oxidation sites excluding steroid dienone is 1. The van der Waals surface area contributed by atoms with Crippen LogP contribution in [0.1, 0.15) is 13.8 Å². The topological polar surface area (TPSA) is 69.0 Å². The molecule has 0 saturated carbocycles. The predicted molar refractivity (Wildman–Crippen MR) is 132 cm³/mol. The van der Waals surface area contributed by atoms with Gasteiger partial charge in [0.05, 0.1) is 12.4 Å². The number of halogens is 2. The molecule has 1 N–H and O–H groups in total. The molecular weight excluding hydrogens is 467 g/mol. The Morgan fingerprint density at radius 1 is 1.19 bits per heavy atom. The standard InChI is InChI=1S/C23H24Cl2N4O2S/c1-4-9-29-22(16-5-7-20(8-6-16)31-13-15(2)3)27-28-23(29)32-14-21(30)26-19-11-17(24)10-18(25)12-19/h4-8,10-12,15H,1,9,13-14H2,2-3H3,(H,26,30). The molecule has 1 amide bonds. The highest BCUT2D eigenvalue weighted by atomic mass is 35.5. The number of thioether (sulfide) groups is 1. The van der Waals surface area contributed by atoms with Crippen LogP contribution in [0.25, 0.3) is 11.4 Å². The quantitative estimate of drug-likeness (QED) is 0.270. The Labute approximate surface area is 202 Å². The van der Waals surface area contributed by atoms with E-state index in [0.717, 1.165) is 11.3 Å². The fourth-order valence-electron chi connectivity index (χ4n) is 2.82. The number of carbonyl (C=O) groups excluding carboxylic acids is 1. The zero-order chi connectivity index (χ0) is 23.1. The summed E-state index contributed by atoms with van der Waals surface area (Å²) >= 11 is 13.3. The van der Waals surface area contributed by atoms with Crippen molar-refractivity contribution in [1.29, 1.82) is 0 Å². The van der Waals surface area contributed by atoms with E-state index in [1.807, 2.05) is 28.8 Å². The number of anilines is 1. The SMILES string of the molecule is C=CCn1c(SCC(=O)Nc2cc(Cl)cc(Cl)c2)nnc1-c1ccc(OCC(C)C)cc1. The molecule has 3 aromatic rings. The van der Waals surface area contributed by atoms with E-state index in [2.05, 4.69) is 35.9 Å². The van der Waals surface area contributed by atoms with Crippen molar-refractivity contribution in [3.8, 4) is 17.1 Å². The van der Waals surface area contributed by atoms with E-state index in [1.165, 1.54) is 11.8 Å². The molecule has 0 aliphatic carbocycles. The van der Waals surface area contributed by atoms with Gasteiger partial charge >= 0.3 is 0 Å². The van der Waals surface area contributed by atoms with Crippen molar-refractivity contribution in [3.05, 3.63) is 65.2 Å². The Morgan fingerprint density at radius 2 is 1.88 bits per heavy atom. The zero-order valence-electron chi connectivity index (χ0n) is 17.8. The fourth-order valence-corrected chi connectivity index (χ4v) is 4.09. The van der Waals surface area contributed by atoms with Gasteiger partial charge in [-0.3, -0.25) is 9.36 Å². The third-order valence-electron chi connectivity index (χ3n) is 4.20. The zero-order valence-corrected chi connectivity index (χ0v) is 20.2. The van der Waals surface area contributed by atoms with Crippen LogP contribution in [0, 0.1) is 5.92 Å². The molecule has 0 bridgehead atoms. The monoisotopic (exact) mass is 490 g/mol. The first-order valence-electron chi connectivity index (χ1n) is 10.0. The van der Waals surface area contributed by atoms with Crippen LogP contribution in [0.4, 0.5) is 5.69 Å². The number of hydrogen-bond donors (Lipinski definition) is 1. The fraction of sp³-hybridized carbons (Fsp3) is 0.261. The number of ether oxygens (including phenoxy) is 1.